The van der Waals surface area contributed by atoms with Crippen molar-refractivity contribution in [2.24, 2.45) is 0 Å². The molecule has 2 N–H and O–H groups in total. The number of carboxylic acids is 1. The molecule has 0 unspecified atom stereocenters. The number of anilines is 1. The number of nitrogens with zero attached hydrogens (tertiary/aromatic N) is 1. The summed E-state index contributed by atoms with van der Waals surface area (Å²) in [4.78, 5) is 26.5. The molecule has 104 valence electrons. The van der Waals surface area contributed by atoms with E-state index >= 15 is 0 Å². The number of aromatic nitrogens is 1. The lowest BCUT2D eigenvalue weighted by Gasteiger charge is -2.03. The van der Waals surface area contributed by atoms with Crippen molar-refractivity contribution in [2.75, 3.05) is 5.32 Å². The highest BCUT2D eigenvalue weighted by Gasteiger charge is 2.10. The Bertz CT molecular complexity index is 642. The molecular weight excluding hydrogens is 300 g/mol. The summed E-state index contributed by atoms with van der Waals surface area (Å²) in [6.45, 7) is 0. The number of nitrogens with one attached hydrogen (secondary N) is 1. The van der Waals surface area contributed by atoms with Crippen LogP contribution in [-0.2, 0) is 22.4 Å². The summed E-state index contributed by atoms with van der Waals surface area (Å²) in [6, 6.07) is 6.85. The molecule has 0 aliphatic heterocycles. The van der Waals surface area contributed by atoms with Crippen LogP contribution in [0.25, 0.3) is 0 Å². The third kappa shape index (κ3) is 4.32. The summed E-state index contributed by atoms with van der Waals surface area (Å²) in [5.41, 5.74) is 1.08. The normalized spacial score (nSPS) is 10.2. The summed E-state index contributed by atoms with van der Waals surface area (Å²) >= 11 is 7.10. The molecule has 1 aromatic carbocycles. The molecule has 20 heavy (non-hydrogen) atoms. The van der Waals surface area contributed by atoms with E-state index in [1.165, 1.54) is 11.3 Å². The third-order valence-corrected chi connectivity index (χ3v) is 3.48. The highest BCUT2D eigenvalue weighted by molar-refractivity contribution is 7.09. The standard InChI is InChI=1S/C13H11ClN2O3S/c14-8-2-1-3-9(4-8)15-11(17)6-12-16-10(7-20-12)5-13(18)19/h1-4,7H,5-6H2,(H,15,17)(H,18,19). The Morgan fingerprint density at radius 2 is 2.15 bits per heavy atom. The van der Waals surface area contributed by atoms with Crippen LogP contribution in [0.4, 0.5) is 5.69 Å². The molecule has 0 fully saturated rings. The first kappa shape index (κ1) is 14.5. The van der Waals surface area contributed by atoms with Crippen LogP contribution in [0, 0.1) is 0 Å². The first-order valence-corrected chi connectivity index (χ1v) is 6.99. The molecule has 0 atom stereocenters. The maximum Gasteiger partial charge on any atom is 0.309 e. The number of benzene rings is 1. The minimum Gasteiger partial charge on any atom is -0.481 e. The molecule has 2 aromatic rings. The molecule has 0 aliphatic rings. The number of amides is 1. The molecule has 0 aliphatic carbocycles. The molecule has 0 spiro atoms. The van der Waals surface area contributed by atoms with E-state index in [9.17, 15) is 9.59 Å². The second kappa shape index (κ2) is 6.49. The zero-order valence-electron chi connectivity index (χ0n) is 10.3. The molecule has 2 rings (SSSR count). The van der Waals surface area contributed by atoms with Gasteiger partial charge in [0.2, 0.25) is 5.91 Å². The Morgan fingerprint density at radius 1 is 1.35 bits per heavy atom. The van der Waals surface area contributed by atoms with Crippen LogP contribution < -0.4 is 5.32 Å². The zero-order chi connectivity index (χ0) is 14.5. The molecular formula is C13H11ClN2O3S. The van der Waals surface area contributed by atoms with Gasteiger partial charge in [0.1, 0.15) is 5.01 Å². The summed E-state index contributed by atoms with van der Waals surface area (Å²) < 4.78 is 0. The minimum atomic E-state index is -0.940. The van der Waals surface area contributed by atoms with Gasteiger partial charge in [-0.05, 0) is 18.2 Å². The van der Waals surface area contributed by atoms with Crippen molar-refractivity contribution in [3.8, 4) is 0 Å². The first-order valence-electron chi connectivity index (χ1n) is 5.73. The van der Waals surface area contributed by atoms with Crippen molar-refractivity contribution < 1.29 is 14.7 Å². The van der Waals surface area contributed by atoms with Gasteiger partial charge in [0.05, 0.1) is 18.5 Å². The van der Waals surface area contributed by atoms with Crippen molar-refractivity contribution in [2.45, 2.75) is 12.8 Å². The fourth-order valence-corrected chi connectivity index (χ4v) is 2.56. The van der Waals surface area contributed by atoms with Crippen molar-refractivity contribution in [3.63, 3.8) is 0 Å². The number of hydrogen-bond acceptors (Lipinski definition) is 4. The van der Waals surface area contributed by atoms with Gasteiger partial charge in [0.15, 0.2) is 0 Å². The molecule has 0 bridgehead atoms. The van der Waals surface area contributed by atoms with Crippen LogP contribution in [-0.4, -0.2) is 22.0 Å². The zero-order valence-corrected chi connectivity index (χ0v) is 11.9. The fraction of sp³-hybridized carbons (Fsp3) is 0.154. The van der Waals surface area contributed by atoms with Gasteiger partial charge >= 0.3 is 5.97 Å². The molecule has 7 heteroatoms. The van der Waals surface area contributed by atoms with E-state index in [1.807, 2.05) is 0 Å². The molecule has 1 amide bonds. The van der Waals surface area contributed by atoms with Gasteiger partial charge in [0, 0.05) is 16.1 Å². The predicted octanol–water partition coefficient (Wildman–Crippen LogP) is 2.60. The topological polar surface area (TPSA) is 79.3 Å². The summed E-state index contributed by atoms with van der Waals surface area (Å²) in [6.07, 6.45) is -0.0246. The fourth-order valence-electron chi connectivity index (χ4n) is 1.58. The first-order chi connectivity index (χ1) is 9.52. The molecule has 1 aromatic heterocycles. The molecule has 0 saturated carbocycles. The van der Waals surface area contributed by atoms with Gasteiger partial charge in [-0.25, -0.2) is 4.98 Å². The number of aliphatic carboxylic acids is 1. The van der Waals surface area contributed by atoms with Gasteiger partial charge in [0.25, 0.3) is 0 Å². The van der Waals surface area contributed by atoms with E-state index in [1.54, 1.807) is 29.6 Å². The quantitative estimate of drug-likeness (QED) is 0.889. The van der Waals surface area contributed by atoms with E-state index < -0.39 is 5.97 Å². The van der Waals surface area contributed by atoms with Crippen LogP contribution in [0.15, 0.2) is 29.6 Å². The number of thiazole rings is 1. The number of halogens is 1. The molecule has 1 heterocycles. The second-order valence-electron chi connectivity index (χ2n) is 4.04. The monoisotopic (exact) mass is 310 g/mol. The van der Waals surface area contributed by atoms with Crippen molar-refractivity contribution in [1.82, 2.24) is 4.98 Å². The smallest absolute Gasteiger partial charge is 0.309 e. The van der Waals surface area contributed by atoms with Gasteiger partial charge in [-0.2, -0.15) is 0 Å². The van der Waals surface area contributed by atoms with Crippen LogP contribution >= 0.6 is 22.9 Å². The van der Waals surface area contributed by atoms with Crippen LogP contribution in [0.3, 0.4) is 0 Å². The average molecular weight is 311 g/mol. The number of carbonyl (C=O) groups excluding carboxylic acids is 1. The van der Waals surface area contributed by atoms with Crippen LogP contribution in [0.1, 0.15) is 10.7 Å². The van der Waals surface area contributed by atoms with E-state index in [0.29, 0.717) is 21.4 Å². The number of hydrogen-bond donors (Lipinski definition) is 2. The highest BCUT2D eigenvalue weighted by atomic mass is 35.5. The van der Waals surface area contributed by atoms with Crippen molar-refractivity contribution in [1.29, 1.82) is 0 Å². The SMILES string of the molecule is O=C(O)Cc1csc(CC(=O)Nc2cccc(Cl)c2)n1. The van der Waals surface area contributed by atoms with Crippen molar-refractivity contribution >= 4 is 40.5 Å². The Morgan fingerprint density at radius 3 is 2.85 bits per heavy atom. The van der Waals surface area contributed by atoms with E-state index in [2.05, 4.69) is 10.3 Å². The maximum absolute atomic E-state index is 11.8. The van der Waals surface area contributed by atoms with Gasteiger partial charge in [-0.15, -0.1) is 11.3 Å². The number of carbonyl (C=O) groups is 2. The lowest BCUT2D eigenvalue weighted by atomic mass is 10.3. The maximum atomic E-state index is 11.8. The molecule has 0 saturated heterocycles. The summed E-state index contributed by atoms with van der Waals surface area (Å²) in [5.74, 6) is -1.16. The van der Waals surface area contributed by atoms with E-state index in [0.717, 1.165) is 0 Å². The Labute approximate surface area is 124 Å². The lowest BCUT2D eigenvalue weighted by molar-refractivity contribution is -0.136. The van der Waals surface area contributed by atoms with E-state index in [4.69, 9.17) is 16.7 Å². The summed E-state index contributed by atoms with van der Waals surface area (Å²) in [5, 5.41) is 14.1. The number of carboxylic acid groups (broad SMARTS) is 1. The summed E-state index contributed by atoms with van der Waals surface area (Å²) in [7, 11) is 0. The Hall–Kier alpha value is -1.92. The van der Waals surface area contributed by atoms with Crippen LogP contribution in [0.5, 0.6) is 0 Å². The van der Waals surface area contributed by atoms with Gasteiger partial charge < -0.3 is 10.4 Å². The van der Waals surface area contributed by atoms with Crippen molar-refractivity contribution in [3.05, 3.63) is 45.4 Å². The predicted molar refractivity (Wildman–Crippen MR) is 77.2 cm³/mol. The Balaban J connectivity index is 1.94. The second-order valence-corrected chi connectivity index (χ2v) is 5.42. The average Bonchev–Trinajstić information content (AvgIpc) is 2.75. The molecule has 5 nitrogen and oxygen atoms in total. The van der Waals surface area contributed by atoms with E-state index in [-0.39, 0.29) is 18.7 Å². The third-order valence-electron chi connectivity index (χ3n) is 2.35. The number of rotatable bonds is 5. The van der Waals surface area contributed by atoms with Crippen LogP contribution in [0.2, 0.25) is 5.02 Å². The van der Waals surface area contributed by atoms with Gasteiger partial charge in [-0.1, -0.05) is 17.7 Å². The molecule has 0 radical (unpaired) electrons. The van der Waals surface area contributed by atoms with Gasteiger partial charge in [-0.3, -0.25) is 9.59 Å². The Kier molecular flexibility index (Phi) is 4.70. The largest absolute Gasteiger partial charge is 0.481 e. The lowest BCUT2D eigenvalue weighted by Crippen LogP contribution is -2.14. The highest BCUT2D eigenvalue weighted by Crippen LogP contribution is 2.16. The minimum absolute atomic E-state index is 0.108.